The van der Waals surface area contributed by atoms with E-state index in [0.717, 1.165) is 33.9 Å². The number of hydrogen-bond acceptors (Lipinski definition) is 1. The van der Waals surface area contributed by atoms with Crippen LogP contribution in [-0.4, -0.2) is 10.7 Å². The predicted molar refractivity (Wildman–Crippen MR) is 157 cm³/mol. The van der Waals surface area contributed by atoms with Crippen molar-refractivity contribution in [3.05, 3.63) is 142 Å². The van der Waals surface area contributed by atoms with Crippen molar-refractivity contribution < 1.29 is 0 Å². The second kappa shape index (κ2) is 9.22. The average molecular weight is 479 g/mol. The number of nitrogens with one attached hydrogen (secondary N) is 1. The summed E-state index contributed by atoms with van der Waals surface area (Å²) in [6.07, 6.45) is 2.21. The highest BCUT2D eigenvalue weighted by atomic mass is 14.8. The van der Waals surface area contributed by atoms with E-state index in [1.54, 1.807) is 0 Å². The number of nitrogens with zero attached hydrogens (tertiary/aromatic N) is 1. The van der Waals surface area contributed by atoms with E-state index in [2.05, 4.69) is 136 Å². The molecule has 1 aliphatic rings. The van der Waals surface area contributed by atoms with Crippen LogP contribution in [0.5, 0.6) is 0 Å². The number of aryl methyl sites for hydroxylation is 4. The summed E-state index contributed by atoms with van der Waals surface area (Å²) in [5.41, 5.74) is 16.4. The van der Waals surface area contributed by atoms with Crippen molar-refractivity contribution in [2.75, 3.05) is 0 Å². The lowest BCUT2D eigenvalue weighted by atomic mass is 9.96. The Labute approximate surface area is 219 Å². The van der Waals surface area contributed by atoms with Gasteiger partial charge in [-0.1, -0.05) is 102 Å². The second-order valence-corrected chi connectivity index (χ2v) is 10.1. The fourth-order valence-corrected chi connectivity index (χ4v) is 5.51. The molecular weight excluding hydrogens is 448 g/mol. The maximum absolute atomic E-state index is 5.17. The van der Waals surface area contributed by atoms with Crippen molar-refractivity contribution in [2.45, 2.75) is 27.7 Å². The third-order valence-electron chi connectivity index (χ3n) is 7.18. The third kappa shape index (κ3) is 4.25. The molecule has 5 aromatic rings. The highest BCUT2D eigenvalue weighted by Gasteiger charge is 2.22. The van der Waals surface area contributed by atoms with Gasteiger partial charge in [-0.15, -0.1) is 0 Å². The monoisotopic (exact) mass is 478 g/mol. The lowest BCUT2D eigenvalue weighted by molar-refractivity contribution is 1.28. The second-order valence-electron chi connectivity index (χ2n) is 10.1. The van der Waals surface area contributed by atoms with E-state index in [0.29, 0.717) is 0 Å². The Hall–Kier alpha value is -4.43. The fourth-order valence-electron chi connectivity index (χ4n) is 5.51. The first-order valence-electron chi connectivity index (χ1n) is 12.8. The minimum absolute atomic E-state index is 0.981. The Kier molecular flexibility index (Phi) is 5.73. The van der Waals surface area contributed by atoms with Crippen molar-refractivity contribution in [1.82, 2.24) is 4.98 Å². The maximum atomic E-state index is 5.17. The summed E-state index contributed by atoms with van der Waals surface area (Å²) >= 11 is 0. The van der Waals surface area contributed by atoms with Gasteiger partial charge in [-0.3, -0.25) is 0 Å². The van der Waals surface area contributed by atoms with E-state index >= 15 is 0 Å². The maximum Gasteiger partial charge on any atom is 0.0788 e. The number of benzene rings is 4. The highest BCUT2D eigenvalue weighted by molar-refractivity contribution is 6.21. The van der Waals surface area contributed by atoms with E-state index in [9.17, 15) is 0 Å². The van der Waals surface area contributed by atoms with E-state index in [-0.39, 0.29) is 0 Å². The lowest BCUT2D eigenvalue weighted by Crippen LogP contribution is -2.00. The number of aromatic amines is 1. The Balaban J connectivity index is 1.54. The molecule has 0 spiro atoms. The summed E-state index contributed by atoms with van der Waals surface area (Å²) in [7, 11) is 0. The fraction of sp³-hybridized carbons (Fsp3) is 0.114. The van der Waals surface area contributed by atoms with Crippen LogP contribution in [0.1, 0.15) is 44.6 Å². The van der Waals surface area contributed by atoms with Crippen LogP contribution in [0.15, 0.2) is 102 Å². The first-order valence-corrected chi connectivity index (χ1v) is 12.8. The van der Waals surface area contributed by atoms with Gasteiger partial charge in [0.05, 0.1) is 11.4 Å². The molecule has 180 valence electrons. The van der Waals surface area contributed by atoms with Crippen LogP contribution >= 0.6 is 0 Å². The van der Waals surface area contributed by atoms with Crippen molar-refractivity contribution in [3.63, 3.8) is 0 Å². The molecule has 1 aliphatic heterocycles. The predicted octanol–water partition coefficient (Wildman–Crippen LogP) is 8.93. The molecule has 0 radical (unpaired) electrons. The van der Waals surface area contributed by atoms with Gasteiger partial charge in [0.1, 0.15) is 0 Å². The quantitative estimate of drug-likeness (QED) is 0.267. The molecule has 1 aromatic heterocycles. The number of fused-ring (bicyclic) bond motifs is 1. The van der Waals surface area contributed by atoms with Gasteiger partial charge in [0.25, 0.3) is 0 Å². The molecule has 0 saturated heterocycles. The Morgan fingerprint density at radius 1 is 0.595 bits per heavy atom. The van der Waals surface area contributed by atoms with Gasteiger partial charge in [-0.25, -0.2) is 4.99 Å². The highest BCUT2D eigenvalue weighted by Crippen LogP contribution is 2.38. The van der Waals surface area contributed by atoms with Gasteiger partial charge in [-0.2, -0.15) is 0 Å². The van der Waals surface area contributed by atoms with Crippen LogP contribution in [0.3, 0.4) is 0 Å². The van der Waals surface area contributed by atoms with Crippen LogP contribution < -0.4 is 0 Å². The van der Waals surface area contributed by atoms with Crippen LogP contribution in [0, 0.1) is 27.7 Å². The Bertz CT molecular complexity index is 1660. The summed E-state index contributed by atoms with van der Waals surface area (Å²) in [5, 5.41) is 0. The number of aromatic nitrogens is 1. The topological polar surface area (TPSA) is 28.1 Å². The molecule has 0 bridgehead atoms. The van der Waals surface area contributed by atoms with Gasteiger partial charge in [0.2, 0.25) is 0 Å². The molecule has 0 fully saturated rings. The van der Waals surface area contributed by atoms with E-state index < -0.39 is 0 Å². The van der Waals surface area contributed by atoms with E-state index in [1.165, 1.54) is 44.5 Å². The van der Waals surface area contributed by atoms with Crippen LogP contribution in [0.4, 0.5) is 0 Å². The Morgan fingerprint density at radius 3 is 1.95 bits per heavy atom. The smallest absolute Gasteiger partial charge is 0.0788 e. The van der Waals surface area contributed by atoms with Crippen molar-refractivity contribution in [3.8, 4) is 22.4 Å². The van der Waals surface area contributed by atoms with Crippen LogP contribution in [-0.2, 0) is 0 Å². The first kappa shape index (κ1) is 23.0. The minimum Gasteiger partial charge on any atom is -0.354 e. The summed E-state index contributed by atoms with van der Waals surface area (Å²) < 4.78 is 0. The lowest BCUT2D eigenvalue weighted by Gasteiger charge is -2.09. The van der Waals surface area contributed by atoms with Crippen molar-refractivity contribution in [2.24, 2.45) is 4.99 Å². The van der Waals surface area contributed by atoms with Crippen molar-refractivity contribution >= 4 is 17.5 Å². The molecule has 0 aliphatic carbocycles. The zero-order chi connectivity index (χ0) is 25.5. The molecule has 0 amide bonds. The number of H-pyrrole nitrogens is 1. The van der Waals surface area contributed by atoms with Gasteiger partial charge >= 0.3 is 0 Å². The molecule has 2 heteroatoms. The molecule has 1 N–H and O–H groups in total. The zero-order valence-corrected chi connectivity index (χ0v) is 21.8. The van der Waals surface area contributed by atoms with E-state index in [1.807, 2.05) is 0 Å². The average Bonchev–Trinajstić information content (AvgIpc) is 3.47. The third-order valence-corrected chi connectivity index (χ3v) is 7.18. The first-order chi connectivity index (χ1) is 18.0. The van der Waals surface area contributed by atoms with Gasteiger partial charge in [-0.05, 0) is 56.5 Å². The van der Waals surface area contributed by atoms with Gasteiger partial charge in [0, 0.05) is 39.2 Å². The number of hydrogen-bond donors (Lipinski definition) is 1. The molecular formula is C35H30N2. The van der Waals surface area contributed by atoms with Gasteiger partial charge < -0.3 is 4.98 Å². The van der Waals surface area contributed by atoms with Crippen LogP contribution in [0.25, 0.3) is 34.2 Å². The molecule has 37 heavy (non-hydrogen) atoms. The summed E-state index contributed by atoms with van der Waals surface area (Å²) in [6.45, 7) is 8.67. The number of rotatable bonds is 4. The van der Waals surface area contributed by atoms with Crippen LogP contribution in [0.2, 0.25) is 0 Å². The summed E-state index contributed by atoms with van der Waals surface area (Å²) in [4.78, 5) is 8.94. The number of aliphatic imine (C=N–C) groups is 1. The standard InChI is InChI=1S/C35H30N2/c1-22-14-16-27(17-15-22)35-29-13-9-8-12-28(29)31(37-35)21-32-30(26-10-6-5-7-11-26)20-33(36-32)34-24(3)18-23(2)19-25(34)4/h5-21,36H,1-4H3/b31-21-. The summed E-state index contributed by atoms with van der Waals surface area (Å²) in [5.74, 6) is 0. The normalized spacial score (nSPS) is 13.6. The molecule has 2 nitrogen and oxygen atoms in total. The minimum atomic E-state index is 0.981. The largest absolute Gasteiger partial charge is 0.354 e. The van der Waals surface area contributed by atoms with Crippen molar-refractivity contribution in [1.29, 1.82) is 0 Å². The molecule has 6 rings (SSSR count). The molecule has 2 heterocycles. The molecule has 0 atom stereocenters. The van der Waals surface area contributed by atoms with Gasteiger partial charge in [0.15, 0.2) is 0 Å². The zero-order valence-electron chi connectivity index (χ0n) is 21.8. The molecule has 4 aromatic carbocycles. The van der Waals surface area contributed by atoms with E-state index in [4.69, 9.17) is 4.99 Å². The molecule has 0 unspecified atom stereocenters. The Morgan fingerprint density at radius 2 is 1.24 bits per heavy atom. The molecule has 0 saturated carbocycles. The summed E-state index contributed by atoms with van der Waals surface area (Å²) in [6, 6.07) is 34.6. The SMILES string of the molecule is Cc1ccc(C2=N/C(=C\c3[nH]c(-c4c(C)cc(C)cc4C)cc3-c3ccccc3)c3ccccc32)cc1.